The summed E-state index contributed by atoms with van der Waals surface area (Å²) in [7, 11) is -2.31. The molecule has 2 rings (SSSR count). The van der Waals surface area contributed by atoms with E-state index in [1.165, 1.54) is 6.07 Å². The van der Waals surface area contributed by atoms with Crippen molar-refractivity contribution in [2.24, 2.45) is 5.14 Å². The van der Waals surface area contributed by atoms with Gasteiger partial charge in [0.1, 0.15) is 10.7 Å². The lowest BCUT2D eigenvalue weighted by molar-refractivity contribution is -0.00583. The molecule has 124 valence electrons. The molecule has 0 spiro atoms. The van der Waals surface area contributed by atoms with Crippen molar-refractivity contribution in [3.05, 3.63) is 29.6 Å². The van der Waals surface area contributed by atoms with Crippen LogP contribution in [-0.2, 0) is 21.3 Å². The van der Waals surface area contributed by atoms with Crippen molar-refractivity contribution >= 4 is 10.0 Å². The van der Waals surface area contributed by atoms with Gasteiger partial charge in [0.2, 0.25) is 10.0 Å². The third-order valence-electron chi connectivity index (χ3n) is 4.34. The van der Waals surface area contributed by atoms with Gasteiger partial charge in [-0.25, -0.2) is 17.9 Å². The molecular weight excluding hydrogens is 307 g/mol. The summed E-state index contributed by atoms with van der Waals surface area (Å²) in [5.41, 5.74) is 0.634. The Bertz CT molecular complexity index is 636. The van der Waals surface area contributed by atoms with Crippen LogP contribution < -0.4 is 5.14 Å². The van der Waals surface area contributed by atoms with E-state index >= 15 is 0 Å². The maximum absolute atomic E-state index is 13.6. The standard InChI is InChI=1S/C15H23FN2O3S/c1-15(21-2)6-3-8-18(9-7-15)11-12-4-5-13(16)14(10-12)22(17,19)20/h4-5,10H,3,6-9,11H2,1-2H3,(H2,17,19,20). The van der Waals surface area contributed by atoms with E-state index < -0.39 is 20.7 Å². The molecule has 1 fully saturated rings. The lowest BCUT2D eigenvalue weighted by Gasteiger charge is -2.26. The lowest BCUT2D eigenvalue weighted by Crippen LogP contribution is -2.30. The Morgan fingerprint density at radius 2 is 2.09 bits per heavy atom. The smallest absolute Gasteiger partial charge is 0.240 e. The molecule has 7 heteroatoms. The minimum absolute atomic E-state index is 0.108. The number of sulfonamides is 1. The first-order chi connectivity index (χ1) is 10.2. The van der Waals surface area contributed by atoms with Crippen LogP contribution in [0.25, 0.3) is 0 Å². The zero-order chi connectivity index (χ0) is 16.4. The second kappa shape index (κ2) is 6.62. The van der Waals surface area contributed by atoms with Crippen LogP contribution in [0.5, 0.6) is 0 Å². The van der Waals surface area contributed by atoms with E-state index in [-0.39, 0.29) is 5.60 Å². The molecule has 22 heavy (non-hydrogen) atoms. The number of nitrogens with zero attached hydrogens (tertiary/aromatic N) is 1. The molecule has 0 amide bonds. The normalized spacial score (nSPS) is 24.2. The Morgan fingerprint density at radius 1 is 1.36 bits per heavy atom. The van der Waals surface area contributed by atoms with Crippen molar-refractivity contribution in [3.8, 4) is 0 Å². The molecule has 0 bridgehead atoms. The second-order valence-electron chi connectivity index (χ2n) is 6.09. The third kappa shape index (κ3) is 4.25. The molecule has 0 aromatic heterocycles. The number of halogens is 1. The first kappa shape index (κ1) is 17.3. The second-order valence-corrected chi connectivity index (χ2v) is 7.62. The Kier molecular flexibility index (Phi) is 5.21. The van der Waals surface area contributed by atoms with Crippen LogP contribution in [0.3, 0.4) is 0 Å². The predicted octanol–water partition coefficient (Wildman–Crippen LogP) is 1.86. The molecule has 5 nitrogen and oxygen atoms in total. The van der Waals surface area contributed by atoms with Crippen molar-refractivity contribution < 1.29 is 17.5 Å². The van der Waals surface area contributed by atoms with E-state index in [2.05, 4.69) is 11.8 Å². The monoisotopic (exact) mass is 330 g/mol. The average Bonchev–Trinajstić information content (AvgIpc) is 2.63. The number of rotatable bonds is 4. The van der Waals surface area contributed by atoms with Crippen molar-refractivity contribution in [1.29, 1.82) is 0 Å². The molecule has 2 N–H and O–H groups in total. The average molecular weight is 330 g/mol. The van der Waals surface area contributed by atoms with Crippen LogP contribution in [0.1, 0.15) is 31.7 Å². The zero-order valence-corrected chi connectivity index (χ0v) is 13.8. The van der Waals surface area contributed by atoms with E-state index in [1.807, 2.05) is 0 Å². The molecule has 0 saturated carbocycles. The van der Waals surface area contributed by atoms with Gasteiger partial charge >= 0.3 is 0 Å². The zero-order valence-electron chi connectivity index (χ0n) is 13.0. The van der Waals surface area contributed by atoms with Gasteiger partial charge in [0, 0.05) is 20.2 Å². The van der Waals surface area contributed by atoms with Gasteiger partial charge in [0.05, 0.1) is 5.60 Å². The van der Waals surface area contributed by atoms with E-state index in [0.29, 0.717) is 6.54 Å². The SMILES string of the molecule is COC1(C)CCCN(Cc2ccc(F)c(S(N)(=O)=O)c2)CC1. The first-order valence-corrected chi connectivity index (χ1v) is 8.87. The molecule has 1 aromatic rings. The van der Waals surface area contributed by atoms with E-state index in [9.17, 15) is 12.8 Å². The van der Waals surface area contributed by atoms with Gasteiger partial charge in [-0.2, -0.15) is 0 Å². The largest absolute Gasteiger partial charge is 0.378 e. The first-order valence-electron chi connectivity index (χ1n) is 7.32. The van der Waals surface area contributed by atoms with Gasteiger partial charge in [-0.05, 0) is 50.4 Å². The third-order valence-corrected chi connectivity index (χ3v) is 5.26. The van der Waals surface area contributed by atoms with Gasteiger partial charge in [-0.15, -0.1) is 0 Å². The van der Waals surface area contributed by atoms with Crippen molar-refractivity contribution in [3.63, 3.8) is 0 Å². The fourth-order valence-electron chi connectivity index (χ4n) is 2.79. The molecule has 1 aliphatic heterocycles. The Balaban J connectivity index is 2.11. The van der Waals surface area contributed by atoms with E-state index in [0.717, 1.165) is 44.0 Å². The summed E-state index contributed by atoms with van der Waals surface area (Å²) < 4.78 is 41.9. The predicted molar refractivity (Wildman–Crippen MR) is 82.3 cm³/mol. The van der Waals surface area contributed by atoms with Gasteiger partial charge in [-0.3, -0.25) is 4.90 Å². The van der Waals surface area contributed by atoms with E-state index in [4.69, 9.17) is 9.88 Å². The summed E-state index contributed by atoms with van der Waals surface area (Å²) >= 11 is 0. The maximum Gasteiger partial charge on any atom is 0.240 e. The number of benzene rings is 1. The number of methoxy groups -OCH3 is 1. The van der Waals surface area contributed by atoms with Crippen LogP contribution >= 0.6 is 0 Å². The topological polar surface area (TPSA) is 72.6 Å². The highest BCUT2D eigenvalue weighted by Crippen LogP contribution is 2.26. The highest BCUT2D eigenvalue weighted by atomic mass is 32.2. The summed E-state index contributed by atoms with van der Waals surface area (Å²) in [6.07, 6.45) is 2.91. The van der Waals surface area contributed by atoms with Crippen molar-refractivity contribution in [1.82, 2.24) is 4.90 Å². The summed E-state index contributed by atoms with van der Waals surface area (Å²) in [4.78, 5) is 1.78. The van der Waals surface area contributed by atoms with Crippen molar-refractivity contribution in [2.75, 3.05) is 20.2 Å². The number of nitrogens with two attached hydrogens (primary N) is 1. The maximum atomic E-state index is 13.6. The number of hydrogen-bond acceptors (Lipinski definition) is 4. The molecular formula is C15H23FN2O3S. The van der Waals surface area contributed by atoms with Gasteiger partial charge in [0.25, 0.3) is 0 Å². The van der Waals surface area contributed by atoms with E-state index in [1.54, 1.807) is 13.2 Å². The molecule has 1 saturated heterocycles. The lowest BCUT2D eigenvalue weighted by atomic mass is 9.97. The van der Waals surface area contributed by atoms with Gasteiger partial charge in [-0.1, -0.05) is 6.07 Å². The van der Waals surface area contributed by atoms with Crippen LogP contribution in [0, 0.1) is 5.82 Å². The van der Waals surface area contributed by atoms with Gasteiger partial charge in [0.15, 0.2) is 0 Å². The Hall–Kier alpha value is -1.02. The van der Waals surface area contributed by atoms with Crippen molar-refractivity contribution in [2.45, 2.75) is 43.2 Å². The quantitative estimate of drug-likeness (QED) is 0.915. The fourth-order valence-corrected chi connectivity index (χ4v) is 3.45. The van der Waals surface area contributed by atoms with Crippen LogP contribution in [0.2, 0.25) is 0 Å². The molecule has 0 radical (unpaired) electrons. The Labute approximate surface area is 131 Å². The minimum Gasteiger partial charge on any atom is -0.378 e. The molecule has 1 aromatic carbocycles. The fraction of sp³-hybridized carbons (Fsp3) is 0.600. The van der Waals surface area contributed by atoms with Gasteiger partial charge < -0.3 is 4.74 Å². The Morgan fingerprint density at radius 3 is 2.73 bits per heavy atom. The highest BCUT2D eigenvalue weighted by Gasteiger charge is 2.27. The van der Waals surface area contributed by atoms with Crippen LogP contribution in [0.4, 0.5) is 4.39 Å². The molecule has 1 atom stereocenters. The molecule has 1 aliphatic rings. The minimum atomic E-state index is -4.04. The summed E-state index contributed by atoms with van der Waals surface area (Å²) in [6, 6.07) is 4.08. The number of likely N-dealkylation sites (tertiary alicyclic amines) is 1. The van der Waals surface area contributed by atoms with Crippen LogP contribution in [-0.4, -0.2) is 39.1 Å². The molecule has 1 heterocycles. The highest BCUT2D eigenvalue weighted by molar-refractivity contribution is 7.89. The number of hydrogen-bond donors (Lipinski definition) is 1. The summed E-state index contributed by atoms with van der Waals surface area (Å²) in [5.74, 6) is -0.811. The summed E-state index contributed by atoms with van der Waals surface area (Å²) in [6.45, 7) is 4.43. The molecule has 0 aliphatic carbocycles. The number of primary sulfonamides is 1. The van der Waals surface area contributed by atoms with Crippen LogP contribution in [0.15, 0.2) is 23.1 Å². The summed E-state index contributed by atoms with van der Waals surface area (Å²) in [5, 5.41) is 5.04. The molecule has 1 unspecified atom stereocenters. The number of ether oxygens (including phenoxy) is 1.